The molecule has 0 fully saturated rings. The third-order valence-electron chi connectivity index (χ3n) is 2.77. The Bertz CT molecular complexity index is 637. The summed E-state index contributed by atoms with van der Waals surface area (Å²) in [7, 11) is 0. The number of carbonyl (C=O) groups is 1. The van der Waals surface area contributed by atoms with Gasteiger partial charge in [0.2, 0.25) is 0 Å². The van der Waals surface area contributed by atoms with Crippen molar-refractivity contribution in [3.63, 3.8) is 0 Å². The summed E-state index contributed by atoms with van der Waals surface area (Å²) in [5, 5.41) is 2.88. The fourth-order valence-corrected chi connectivity index (χ4v) is 1.79. The van der Waals surface area contributed by atoms with E-state index in [0.29, 0.717) is 17.0 Å². The van der Waals surface area contributed by atoms with Crippen molar-refractivity contribution in [2.45, 2.75) is 13.0 Å². The van der Waals surface area contributed by atoms with E-state index in [2.05, 4.69) is 27.1 Å². The lowest BCUT2D eigenvalue weighted by atomic mass is 10.1. The number of imidazole rings is 1. The predicted molar refractivity (Wildman–Crippen MR) is 76.8 cm³/mol. The Hall–Kier alpha value is -2.58. The second-order valence-electron chi connectivity index (χ2n) is 4.22. The lowest BCUT2D eigenvalue weighted by molar-refractivity contribution is 0.0938. The van der Waals surface area contributed by atoms with Gasteiger partial charge in [-0.15, -0.1) is 0 Å². The van der Waals surface area contributed by atoms with Crippen molar-refractivity contribution < 1.29 is 4.79 Å². The average Bonchev–Trinajstić information content (AvgIpc) is 2.99. The lowest BCUT2D eigenvalue weighted by Gasteiger charge is -2.12. The molecule has 0 bridgehead atoms. The highest BCUT2D eigenvalue weighted by atomic mass is 16.1. The molecule has 0 aliphatic carbocycles. The number of amides is 1. The van der Waals surface area contributed by atoms with Crippen LogP contribution in [0.1, 0.15) is 34.7 Å². The van der Waals surface area contributed by atoms with Crippen molar-refractivity contribution in [3.05, 3.63) is 53.6 Å². The summed E-state index contributed by atoms with van der Waals surface area (Å²) >= 11 is 0. The molecular formula is C15H16N4O. The number of nitrogens with one attached hydrogen (secondary N) is 2. The van der Waals surface area contributed by atoms with Gasteiger partial charge in [0.25, 0.3) is 5.91 Å². The van der Waals surface area contributed by atoms with Gasteiger partial charge in [0.1, 0.15) is 5.82 Å². The van der Waals surface area contributed by atoms with Crippen LogP contribution in [-0.4, -0.2) is 22.4 Å². The quantitative estimate of drug-likeness (QED) is 0.732. The van der Waals surface area contributed by atoms with Gasteiger partial charge in [0.15, 0.2) is 0 Å². The minimum atomic E-state index is -0.201. The molecule has 0 saturated carbocycles. The van der Waals surface area contributed by atoms with Crippen LogP contribution in [0.3, 0.4) is 0 Å². The molecule has 0 aliphatic rings. The van der Waals surface area contributed by atoms with E-state index in [0.717, 1.165) is 0 Å². The van der Waals surface area contributed by atoms with Crippen LogP contribution < -0.4 is 11.1 Å². The van der Waals surface area contributed by atoms with E-state index in [9.17, 15) is 4.79 Å². The number of H-pyrrole nitrogens is 1. The maximum absolute atomic E-state index is 12.3. The van der Waals surface area contributed by atoms with Gasteiger partial charge in [-0.05, 0) is 19.1 Å². The van der Waals surface area contributed by atoms with Crippen LogP contribution in [0.5, 0.6) is 0 Å². The molecule has 1 unspecified atom stereocenters. The summed E-state index contributed by atoms with van der Waals surface area (Å²) in [6.45, 7) is 2.13. The monoisotopic (exact) mass is 268 g/mol. The van der Waals surface area contributed by atoms with Gasteiger partial charge in [0, 0.05) is 18.0 Å². The largest absolute Gasteiger partial charge is 0.347 e. The predicted octanol–water partition coefficient (Wildman–Crippen LogP) is 1.21. The molecular weight excluding hydrogens is 252 g/mol. The molecule has 1 atom stereocenters. The van der Waals surface area contributed by atoms with Gasteiger partial charge in [-0.2, -0.15) is 0 Å². The fraction of sp³-hybridized carbons (Fsp3) is 0.200. The Balaban J connectivity index is 2.17. The molecule has 102 valence electrons. The van der Waals surface area contributed by atoms with Crippen LogP contribution in [-0.2, 0) is 0 Å². The van der Waals surface area contributed by atoms with Crippen LogP contribution in [0.25, 0.3) is 0 Å². The van der Waals surface area contributed by atoms with Gasteiger partial charge < -0.3 is 16.0 Å². The Morgan fingerprint density at radius 1 is 1.50 bits per heavy atom. The molecule has 20 heavy (non-hydrogen) atoms. The molecule has 0 radical (unpaired) electrons. The van der Waals surface area contributed by atoms with Gasteiger partial charge in [0.05, 0.1) is 18.2 Å². The van der Waals surface area contributed by atoms with E-state index >= 15 is 0 Å². The molecule has 2 rings (SSSR count). The number of nitrogens with two attached hydrogens (primary N) is 1. The summed E-state index contributed by atoms with van der Waals surface area (Å²) in [6, 6.07) is 6.99. The molecule has 1 aromatic heterocycles. The zero-order valence-electron chi connectivity index (χ0n) is 11.2. The zero-order valence-corrected chi connectivity index (χ0v) is 11.2. The Kier molecular flexibility index (Phi) is 4.53. The summed E-state index contributed by atoms with van der Waals surface area (Å²) in [4.78, 5) is 19.4. The van der Waals surface area contributed by atoms with Crippen LogP contribution in [0.15, 0.2) is 36.7 Å². The molecule has 0 spiro atoms. The van der Waals surface area contributed by atoms with Crippen molar-refractivity contribution in [1.82, 2.24) is 15.3 Å². The smallest absolute Gasteiger partial charge is 0.253 e. The van der Waals surface area contributed by atoms with Gasteiger partial charge in [-0.1, -0.05) is 24.0 Å². The van der Waals surface area contributed by atoms with Gasteiger partial charge in [-0.25, -0.2) is 4.98 Å². The Morgan fingerprint density at radius 2 is 2.30 bits per heavy atom. The third-order valence-corrected chi connectivity index (χ3v) is 2.77. The maximum Gasteiger partial charge on any atom is 0.253 e. The van der Waals surface area contributed by atoms with Crippen LogP contribution >= 0.6 is 0 Å². The summed E-state index contributed by atoms with van der Waals surface area (Å²) in [5.41, 5.74) is 6.56. The minimum Gasteiger partial charge on any atom is -0.347 e. The number of aromatic amines is 1. The molecule has 0 saturated heterocycles. The van der Waals surface area contributed by atoms with E-state index in [1.807, 2.05) is 13.0 Å². The van der Waals surface area contributed by atoms with E-state index in [1.165, 1.54) is 0 Å². The number of hydrogen-bond donors (Lipinski definition) is 3. The number of benzene rings is 1. The molecule has 1 aromatic carbocycles. The first-order chi connectivity index (χ1) is 9.72. The van der Waals surface area contributed by atoms with Crippen LogP contribution in [0.4, 0.5) is 0 Å². The number of nitrogens with zero attached hydrogens (tertiary/aromatic N) is 1. The summed E-state index contributed by atoms with van der Waals surface area (Å²) < 4.78 is 0. The third kappa shape index (κ3) is 3.25. The van der Waals surface area contributed by atoms with Gasteiger partial charge >= 0.3 is 0 Å². The van der Waals surface area contributed by atoms with Crippen molar-refractivity contribution in [2.75, 3.05) is 6.54 Å². The van der Waals surface area contributed by atoms with E-state index in [-0.39, 0.29) is 18.5 Å². The molecule has 4 N–H and O–H groups in total. The zero-order chi connectivity index (χ0) is 14.4. The van der Waals surface area contributed by atoms with Gasteiger partial charge in [-0.3, -0.25) is 4.79 Å². The van der Waals surface area contributed by atoms with Crippen LogP contribution in [0.2, 0.25) is 0 Å². The van der Waals surface area contributed by atoms with Crippen molar-refractivity contribution in [2.24, 2.45) is 5.73 Å². The molecule has 1 amide bonds. The minimum absolute atomic E-state index is 0.184. The normalized spacial score (nSPS) is 11.3. The maximum atomic E-state index is 12.3. The highest BCUT2D eigenvalue weighted by Crippen LogP contribution is 2.11. The van der Waals surface area contributed by atoms with E-state index in [1.54, 1.807) is 30.6 Å². The molecule has 1 heterocycles. The SMILES string of the molecule is CC(NC(=O)c1ccccc1C#CCN)c1ncc[nH]1. The Labute approximate surface area is 117 Å². The van der Waals surface area contributed by atoms with E-state index < -0.39 is 0 Å². The second-order valence-corrected chi connectivity index (χ2v) is 4.22. The van der Waals surface area contributed by atoms with Crippen LogP contribution in [0, 0.1) is 11.8 Å². The van der Waals surface area contributed by atoms with Crippen molar-refractivity contribution in [1.29, 1.82) is 0 Å². The first-order valence-electron chi connectivity index (χ1n) is 6.30. The standard InChI is InChI=1S/C15H16N4O/c1-11(14-17-9-10-18-14)19-15(20)13-7-3-2-5-12(13)6-4-8-16/h2-3,5,7,9-11H,8,16H2,1H3,(H,17,18)(H,19,20). The fourth-order valence-electron chi connectivity index (χ4n) is 1.79. The topological polar surface area (TPSA) is 83.8 Å². The summed E-state index contributed by atoms with van der Waals surface area (Å²) in [5.74, 6) is 6.19. The van der Waals surface area contributed by atoms with E-state index in [4.69, 9.17) is 5.73 Å². The summed E-state index contributed by atoms with van der Waals surface area (Å²) in [6.07, 6.45) is 3.37. The number of aromatic nitrogens is 2. The lowest BCUT2D eigenvalue weighted by Crippen LogP contribution is -2.28. The second kappa shape index (κ2) is 6.55. The highest BCUT2D eigenvalue weighted by molar-refractivity contribution is 5.96. The number of rotatable bonds is 3. The van der Waals surface area contributed by atoms with Crippen molar-refractivity contribution >= 4 is 5.91 Å². The molecule has 0 aliphatic heterocycles. The first kappa shape index (κ1) is 13.8. The molecule has 2 aromatic rings. The van der Waals surface area contributed by atoms with Crippen molar-refractivity contribution in [3.8, 4) is 11.8 Å². The highest BCUT2D eigenvalue weighted by Gasteiger charge is 2.14. The number of hydrogen-bond acceptors (Lipinski definition) is 3. The first-order valence-corrected chi connectivity index (χ1v) is 6.30. The average molecular weight is 268 g/mol. The molecule has 5 nitrogen and oxygen atoms in total. The Morgan fingerprint density at radius 3 is 3.00 bits per heavy atom. The number of carbonyl (C=O) groups excluding carboxylic acids is 1. The molecule has 5 heteroatoms.